The Morgan fingerprint density at radius 3 is 2.90 bits per heavy atom. The van der Waals surface area contributed by atoms with Gasteiger partial charge in [-0.15, -0.1) is 0 Å². The molecule has 0 aromatic heterocycles. The molecule has 0 spiro atoms. The fraction of sp³-hybridized carbons (Fsp3) is 0.435. The van der Waals surface area contributed by atoms with E-state index in [0.29, 0.717) is 18.3 Å². The van der Waals surface area contributed by atoms with Crippen LogP contribution in [0, 0.1) is 0 Å². The zero-order chi connectivity index (χ0) is 20.5. The highest BCUT2D eigenvalue weighted by Gasteiger charge is 2.22. The van der Waals surface area contributed by atoms with Gasteiger partial charge in [0.1, 0.15) is 11.5 Å². The number of aliphatic imine (C=N–C) groups is 1. The van der Waals surface area contributed by atoms with E-state index >= 15 is 0 Å². The third kappa shape index (κ3) is 6.04. The van der Waals surface area contributed by atoms with Crippen molar-refractivity contribution in [1.82, 2.24) is 10.6 Å². The predicted molar refractivity (Wildman–Crippen MR) is 119 cm³/mol. The number of nitrogens with zero attached hydrogens (tertiary/aromatic N) is 2. The van der Waals surface area contributed by atoms with Crippen LogP contribution in [0.3, 0.4) is 0 Å². The molecule has 1 fully saturated rings. The number of piperidine rings is 1. The number of phenolic OH excluding ortho intramolecular Hbond substituents is 1. The van der Waals surface area contributed by atoms with Crippen molar-refractivity contribution < 1.29 is 9.84 Å². The van der Waals surface area contributed by atoms with Crippen LogP contribution in [-0.2, 0) is 6.42 Å². The molecule has 2 aromatic carbocycles. The number of aromatic hydroxyl groups is 1. The van der Waals surface area contributed by atoms with Crippen molar-refractivity contribution in [3.8, 4) is 11.5 Å². The van der Waals surface area contributed by atoms with E-state index in [1.165, 1.54) is 0 Å². The standard InChI is InChI=1S/C23H32N4O2/c1-3-24-23(25-14-13-18-8-6-10-20(28)16-18)26-19-9-7-15-27(17-19)21-11-4-5-12-22(21)29-2/h4-6,8,10-12,16,19,28H,3,7,9,13-15,17H2,1-2H3,(H2,24,25,26). The van der Waals surface area contributed by atoms with Gasteiger partial charge in [-0.1, -0.05) is 24.3 Å². The van der Waals surface area contributed by atoms with E-state index in [9.17, 15) is 5.11 Å². The average molecular weight is 397 g/mol. The zero-order valence-corrected chi connectivity index (χ0v) is 17.4. The van der Waals surface area contributed by atoms with Gasteiger partial charge in [-0.25, -0.2) is 0 Å². The first-order valence-corrected chi connectivity index (χ1v) is 10.4. The fourth-order valence-corrected chi connectivity index (χ4v) is 3.73. The summed E-state index contributed by atoms with van der Waals surface area (Å²) in [6.07, 6.45) is 3.03. The van der Waals surface area contributed by atoms with Crippen LogP contribution in [0.4, 0.5) is 5.69 Å². The number of para-hydroxylation sites is 2. The lowest BCUT2D eigenvalue weighted by molar-refractivity contribution is 0.408. The molecule has 1 unspecified atom stereocenters. The molecule has 0 saturated carbocycles. The molecule has 1 atom stereocenters. The van der Waals surface area contributed by atoms with Gasteiger partial charge in [0.05, 0.1) is 12.8 Å². The van der Waals surface area contributed by atoms with Crippen molar-refractivity contribution >= 4 is 11.6 Å². The number of hydrogen-bond donors (Lipinski definition) is 3. The second-order valence-electron chi connectivity index (χ2n) is 7.28. The smallest absolute Gasteiger partial charge is 0.191 e. The molecule has 2 aromatic rings. The summed E-state index contributed by atoms with van der Waals surface area (Å²) < 4.78 is 5.54. The molecule has 3 rings (SSSR count). The summed E-state index contributed by atoms with van der Waals surface area (Å²) in [5, 5.41) is 16.6. The summed E-state index contributed by atoms with van der Waals surface area (Å²) in [5.74, 6) is 2.06. The van der Waals surface area contributed by atoms with Crippen LogP contribution >= 0.6 is 0 Å². The Bertz CT molecular complexity index is 809. The first kappa shape index (κ1) is 20.8. The molecular weight excluding hydrogens is 364 g/mol. The quantitative estimate of drug-likeness (QED) is 0.495. The molecule has 156 valence electrons. The number of rotatable bonds is 7. The highest BCUT2D eigenvalue weighted by Crippen LogP contribution is 2.29. The van der Waals surface area contributed by atoms with Gasteiger partial charge in [-0.2, -0.15) is 0 Å². The molecular formula is C23H32N4O2. The molecule has 0 aliphatic carbocycles. The van der Waals surface area contributed by atoms with E-state index in [2.05, 4.69) is 34.6 Å². The predicted octanol–water partition coefficient (Wildman–Crippen LogP) is 3.17. The van der Waals surface area contributed by atoms with Crippen molar-refractivity contribution in [2.24, 2.45) is 4.99 Å². The lowest BCUT2D eigenvalue weighted by Gasteiger charge is -2.36. The van der Waals surface area contributed by atoms with Crippen LogP contribution in [0.2, 0.25) is 0 Å². The maximum atomic E-state index is 9.60. The first-order chi connectivity index (χ1) is 14.2. The summed E-state index contributed by atoms with van der Waals surface area (Å²) >= 11 is 0. The van der Waals surface area contributed by atoms with Crippen LogP contribution in [-0.4, -0.2) is 50.4 Å². The average Bonchev–Trinajstić information content (AvgIpc) is 2.74. The van der Waals surface area contributed by atoms with Gasteiger partial charge in [0.2, 0.25) is 0 Å². The number of ether oxygens (including phenoxy) is 1. The molecule has 1 heterocycles. The molecule has 1 saturated heterocycles. The normalized spacial score (nSPS) is 17.1. The molecule has 0 bridgehead atoms. The number of guanidine groups is 1. The Hall–Kier alpha value is -2.89. The lowest BCUT2D eigenvalue weighted by atomic mass is 10.0. The summed E-state index contributed by atoms with van der Waals surface area (Å²) in [4.78, 5) is 7.12. The van der Waals surface area contributed by atoms with Crippen LogP contribution in [0.15, 0.2) is 53.5 Å². The van der Waals surface area contributed by atoms with Crippen LogP contribution in [0.25, 0.3) is 0 Å². The van der Waals surface area contributed by atoms with Crippen LogP contribution < -0.4 is 20.3 Å². The van der Waals surface area contributed by atoms with Crippen molar-refractivity contribution in [2.75, 3.05) is 38.2 Å². The second-order valence-corrected chi connectivity index (χ2v) is 7.28. The maximum Gasteiger partial charge on any atom is 0.191 e. The number of nitrogens with one attached hydrogen (secondary N) is 2. The van der Waals surface area contributed by atoms with Gasteiger partial charge in [-0.05, 0) is 56.0 Å². The van der Waals surface area contributed by atoms with Gasteiger partial charge < -0.3 is 25.4 Å². The minimum Gasteiger partial charge on any atom is -0.508 e. The largest absolute Gasteiger partial charge is 0.508 e. The Labute approximate surface area is 173 Å². The molecule has 6 heteroatoms. The molecule has 1 aliphatic rings. The minimum absolute atomic E-state index is 0.301. The van der Waals surface area contributed by atoms with Gasteiger partial charge in [0.25, 0.3) is 0 Å². The summed E-state index contributed by atoms with van der Waals surface area (Å²) in [7, 11) is 1.72. The summed E-state index contributed by atoms with van der Waals surface area (Å²) in [6, 6.07) is 15.9. The van der Waals surface area contributed by atoms with Crippen molar-refractivity contribution in [3.05, 3.63) is 54.1 Å². The first-order valence-electron chi connectivity index (χ1n) is 10.4. The number of benzene rings is 2. The molecule has 1 aliphatic heterocycles. The Balaban J connectivity index is 1.60. The minimum atomic E-state index is 0.301. The van der Waals surface area contributed by atoms with E-state index in [0.717, 1.165) is 61.9 Å². The van der Waals surface area contributed by atoms with Crippen molar-refractivity contribution in [3.63, 3.8) is 0 Å². The van der Waals surface area contributed by atoms with Crippen LogP contribution in [0.1, 0.15) is 25.3 Å². The number of methoxy groups -OCH3 is 1. The lowest BCUT2D eigenvalue weighted by Crippen LogP contribution is -2.51. The topological polar surface area (TPSA) is 69.1 Å². The van der Waals surface area contributed by atoms with E-state index in [1.54, 1.807) is 19.2 Å². The molecule has 29 heavy (non-hydrogen) atoms. The molecule has 3 N–H and O–H groups in total. The zero-order valence-electron chi connectivity index (χ0n) is 17.4. The van der Waals surface area contributed by atoms with E-state index in [4.69, 9.17) is 9.73 Å². The third-order valence-electron chi connectivity index (χ3n) is 5.11. The van der Waals surface area contributed by atoms with Crippen LogP contribution in [0.5, 0.6) is 11.5 Å². The Morgan fingerprint density at radius 2 is 2.10 bits per heavy atom. The molecule has 0 radical (unpaired) electrons. The Morgan fingerprint density at radius 1 is 1.24 bits per heavy atom. The van der Waals surface area contributed by atoms with Gasteiger partial charge in [0, 0.05) is 32.2 Å². The van der Waals surface area contributed by atoms with Gasteiger partial charge in [0.15, 0.2) is 5.96 Å². The maximum absolute atomic E-state index is 9.60. The van der Waals surface area contributed by atoms with Gasteiger partial charge >= 0.3 is 0 Å². The van der Waals surface area contributed by atoms with E-state index in [-0.39, 0.29) is 0 Å². The monoisotopic (exact) mass is 396 g/mol. The number of phenols is 1. The van der Waals surface area contributed by atoms with E-state index < -0.39 is 0 Å². The fourth-order valence-electron chi connectivity index (χ4n) is 3.73. The molecule has 0 amide bonds. The SMILES string of the molecule is CCNC(=NCCc1cccc(O)c1)NC1CCCN(c2ccccc2OC)C1. The van der Waals surface area contributed by atoms with Crippen molar-refractivity contribution in [2.45, 2.75) is 32.2 Å². The highest BCUT2D eigenvalue weighted by atomic mass is 16.5. The van der Waals surface area contributed by atoms with Crippen molar-refractivity contribution in [1.29, 1.82) is 0 Å². The summed E-state index contributed by atoms with van der Waals surface area (Å²) in [6.45, 7) is 5.51. The number of anilines is 1. The number of hydrogen-bond acceptors (Lipinski definition) is 4. The van der Waals surface area contributed by atoms with E-state index in [1.807, 2.05) is 24.3 Å². The summed E-state index contributed by atoms with van der Waals surface area (Å²) in [5.41, 5.74) is 2.23. The molecule has 6 nitrogen and oxygen atoms in total. The Kier molecular flexibility index (Phi) is 7.61. The highest BCUT2D eigenvalue weighted by molar-refractivity contribution is 5.80. The van der Waals surface area contributed by atoms with Gasteiger partial charge in [-0.3, -0.25) is 4.99 Å². The third-order valence-corrected chi connectivity index (χ3v) is 5.11. The second kappa shape index (κ2) is 10.6.